The van der Waals surface area contributed by atoms with Gasteiger partial charge in [0.1, 0.15) is 11.9 Å². The molecule has 4 fully saturated rings. The van der Waals surface area contributed by atoms with Crippen LogP contribution >= 0.6 is 0 Å². The number of hydrogen-bond acceptors (Lipinski definition) is 7. The van der Waals surface area contributed by atoms with Gasteiger partial charge in [-0.25, -0.2) is 0 Å². The zero-order valence-corrected chi connectivity index (χ0v) is 17.9. The summed E-state index contributed by atoms with van der Waals surface area (Å²) in [4.78, 5) is 11.4. The van der Waals surface area contributed by atoms with Gasteiger partial charge in [0.15, 0.2) is 0 Å². The molecule has 0 spiro atoms. The fourth-order valence-corrected chi connectivity index (χ4v) is 6.58. The van der Waals surface area contributed by atoms with E-state index in [2.05, 4.69) is 10.2 Å². The highest BCUT2D eigenvalue weighted by Crippen LogP contribution is 2.59. The van der Waals surface area contributed by atoms with Crippen molar-refractivity contribution in [1.82, 2.24) is 20.0 Å². The third-order valence-corrected chi connectivity index (χ3v) is 7.57. The van der Waals surface area contributed by atoms with Crippen LogP contribution in [0.4, 0.5) is 5.69 Å². The summed E-state index contributed by atoms with van der Waals surface area (Å²) in [5, 5.41) is 24.8. The van der Waals surface area contributed by atoms with E-state index < -0.39 is 4.92 Å². The van der Waals surface area contributed by atoms with Crippen LogP contribution in [-0.4, -0.2) is 32.0 Å². The van der Waals surface area contributed by atoms with E-state index in [1.54, 1.807) is 13.3 Å². The van der Waals surface area contributed by atoms with Crippen LogP contribution in [0.25, 0.3) is 11.6 Å². The Morgan fingerprint density at radius 2 is 1.78 bits per heavy atom. The second-order valence-electron chi connectivity index (χ2n) is 9.73. The molecule has 2 heterocycles. The van der Waals surface area contributed by atoms with Crippen molar-refractivity contribution in [2.45, 2.75) is 50.5 Å². The summed E-state index contributed by atoms with van der Waals surface area (Å²) >= 11 is 0. The molecule has 9 nitrogen and oxygen atoms in total. The number of methoxy groups -OCH3 is 1. The van der Waals surface area contributed by atoms with Crippen molar-refractivity contribution in [3.05, 3.63) is 52.0 Å². The Labute approximate surface area is 184 Å². The van der Waals surface area contributed by atoms with Crippen LogP contribution in [0, 0.1) is 27.9 Å². The smallest absolute Gasteiger partial charge is 0.320 e. The molecular weight excluding hydrogens is 410 g/mol. The van der Waals surface area contributed by atoms with Crippen LogP contribution in [0.15, 0.2) is 34.9 Å². The van der Waals surface area contributed by atoms with Gasteiger partial charge in [-0.15, -0.1) is 10.2 Å². The Hall–Kier alpha value is -3.23. The molecule has 4 aliphatic carbocycles. The average molecular weight is 435 g/mol. The molecule has 0 aliphatic heterocycles. The van der Waals surface area contributed by atoms with Crippen LogP contribution in [0.3, 0.4) is 0 Å². The first kappa shape index (κ1) is 19.5. The number of ether oxygens (including phenoxy) is 1. The Balaban J connectivity index is 1.31. The standard InChI is InChI=1S/C23H25N5O4/c1-31-18-4-2-14(3-5-18)9-20-24-25-22(32-20)21-19(28(29)30)13-27(26-21)23-10-15-6-16(11-23)8-17(7-15)12-23/h2-5,13,15-17H,6-12H2,1H3. The lowest BCUT2D eigenvalue weighted by atomic mass is 9.53. The molecule has 2 aromatic heterocycles. The van der Waals surface area contributed by atoms with Gasteiger partial charge in [-0.1, -0.05) is 12.1 Å². The Kier molecular flexibility index (Phi) is 4.34. The molecule has 9 heteroatoms. The highest BCUT2D eigenvalue weighted by molar-refractivity contribution is 5.60. The SMILES string of the molecule is COc1ccc(Cc2nnc(-c3nn(C45CC6CC(CC(C6)C4)C5)cc3[N+](=O)[O-])o2)cc1. The second kappa shape index (κ2) is 7.15. The second-order valence-corrected chi connectivity index (χ2v) is 9.73. The lowest BCUT2D eigenvalue weighted by Gasteiger charge is -2.56. The van der Waals surface area contributed by atoms with E-state index in [1.807, 2.05) is 28.9 Å². The number of benzene rings is 1. The summed E-state index contributed by atoms with van der Waals surface area (Å²) in [6.45, 7) is 0. The first-order valence-corrected chi connectivity index (χ1v) is 11.2. The lowest BCUT2D eigenvalue weighted by Crippen LogP contribution is -2.52. The summed E-state index contributed by atoms with van der Waals surface area (Å²) in [5.41, 5.74) is 0.971. The molecule has 166 valence electrons. The monoisotopic (exact) mass is 435 g/mol. The maximum Gasteiger partial charge on any atom is 0.320 e. The van der Waals surface area contributed by atoms with E-state index >= 15 is 0 Å². The van der Waals surface area contributed by atoms with Gasteiger partial charge < -0.3 is 9.15 Å². The Morgan fingerprint density at radius 3 is 2.38 bits per heavy atom. The summed E-state index contributed by atoms with van der Waals surface area (Å²) in [6.07, 6.45) is 9.10. The number of aromatic nitrogens is 4. The van der Waals surface area contributed by atoms with Gasteiger partial charge in [-0.05, 0) is 74.0 Å². The summed E-state index contributed by atoms with van der Waals surface area (Å²) < 4.78 is 12.9. The van der Waals surface area contributed by atoms with Crippen molar-refractivity contribution in [3.63, 3.8) is 0 Å². The predicted molar refractivity (Wildman–Crippen MR) is 114 cm³/mol. The van der Waals surface area contributed by atoms with E-state index in [4.69, 9.17) is 14.3 Å². The molecule has 0 amide bonds. The molecule has 0 unspecified atom stereocenters. The van der Waals surface area contributed by atoms with E-state index in [9.17, 15) is 10.1 Å². The number of hydrogen-bond donors (Lipinski definition) is 0. The van der Waals surface area contributed by atoms with Gasteiger partial charge in [-0.2, -0.15) is 5.10 Å². The third kappa shape index (κ3) is 3.18. The van der Waals surface area contributed by atoms with Crippen molar-refractivity contribution >= 4 is 5.69 Å². The molecule has 4 aliphatic rings. The van der Waals surface area contributed by atoms with Crippen molar-refractivity contribution in [2.75, 3.05) is 7.11 Å². The van der Waals surface area contributed by atoms with Gasteiger partial charge in [-0.3, -0.25) is 14.8 Å². The van der Waals surface area contributed by atoms with Gasteiger partial charge >= 0.3 is 5.69 Å². The van der Waals surface area contributed by atoms with Gasteiger partial charge in [0.25, 0.3) is 5.89 Å². The van der Waals surface area contributed by atoms with Crippen molar-refractivity contribution in [3.8, 4) is 17.3 Å². The maximum atomic E-state index is 11.8. The topological polar surface area (TPSA) is 109 Å². The molecule has 4 bridgehead atoms. The van der Waals surface area contributed by atoms with Crippen molar-refractivity contribution in [2.24, 2.45) is 17.8 Å². The van der Waals surface area contributed by atoms with Crippen LogP contribution in [-0.2, 0) is 12.0 Å². The van der Waals surface area contributed by atoms with Crippen molar-refractivity contribution in [1.29, 1.82) is 0 Å². The zero-order chi connectivity index (χ0) is 21.9. The minimum absolute atomic E-state index is 0.0691. The molecule has 3 aromatic rings. The maximum absolute atomic E-state index is 11.8. The summed E-state index contributed by atoms with van der Waals surface area (Å²) in [5.74, 6) is 3.41. The molecular formula is C23H25N5O4. The third-order valence-electron chi connectivity index (χ3n) is 7.57. The van der Waals surface area contributed by atoms with E-state index in [1.165, 1.54) is 19.3 Å². The van der Waals surface area contributed by atoms with Crippen LogP contribution in [0.1, 0.15) is 50.0 Å². The molecule has 7 rings (SSSR count). The van der Waals surface area contributed by atoms with E-state index in [0.717, 1.165) is 30.6 Å². The molecule has 0 radical (unpaired) electrons. The fourth-order valence-electron chi connectivity index (χ4n) is 6.58. The highest BCUT2D eigenvalue weighted by Gasteiger charge is 2.53. The van der Waals surface area contributed by atoms with Crippen LogP contribution in [0.2, 0.25) is 0 Å². The van der Waals surface area contributed by atoms with Crippen molar-refractivity contribution < 1.29 is 14.1 Å². The Bertz CT molecular complexity index is 1130. The molecule has 32 heavy (non-hydrogen) atoms. The highest BCUT2D eigenvalue weighted by atomic mass is 16.6. The number of nitro groups is 1. The largest absolute Gasteiger partial charge is 0.497 e. The van der Waals surface area contributed by atoms with Crippen LogP contribution in [0.5, 0.6) is 5.75 Å². The van der Waals surface area contributed by atoms with Gasteiger partial charge in [0, 0.05) is 0 Å². The molecule has 0 atom stereocenters. The normalized spacial score (nSPS) is 28.2. The minimum atomic E-state index is -0.396. The average Bonchev–Trinajstić information content (AvgIpc) is 3.41. The summed E-state index contributed by atoms with van der Waals surface area (Å²) in [6, 6.07) is 7.58. The molecule has 1 aromatic carbocycles. The quantitative estimate of drug-likeness (QED) is 0.418. The predicted octanol–water partition coefficient (Wildman–Crippen LogP) is 4.37. The molecule has 0 N–H and O–H groups in total. The van der Waals surface area contributed by atoms with E-state index in [-0.39, 0.29) is 22.8 Å². The molecule has 0 saturated heterocycles. The summed E-state index contributed by atoms with van der Waals surface area (Å²) in [7, 11) is 1.62. The number of rotatable bonds is 6. The Morgan fingerprint density at radius 1 is 1.12 bits per heavy atom. The zero-order valence-electron chi connectivity index (χ0n) is 17.9. The van der Waals surface area contributed by atoms with Crippen LogP contribution < -0.4 is 4.74 Å². The first-order chi connectivity index (χ1) is 15.5. The fraction of sp³-hybridized carbons (Fsp3) is 0.522. The van der Waals surface area contributed by atoms with E-state index in [0.29, 0.717) is 30.1 Å². The lowest BCUT2D eigenvalue weighted by molar-refractivity contribution is -0.384. The number of nitrogens with zero attached hydrogens (tertiary/aromatic N) is 5. The van der Waals surface area contributed by atoms with Gasteiger partial charge in [0.2, 0.25) is 11.6 Å². The molecule has 4 saturated carbocycles. The minimum Gasteiger partial charge on any atom is -0.497 e. The first-order valence-electron chi connectivity index (χ1n) is 11.2. The van der Waals surface area contributed by atoms with Gasteiger partial charge in [0.05, 0.1) is 24.0 Å².